The zero-order valence-corrected chi connectivity index (χ0v) is 13.3. The van der Waals surface area contributed by atoms with Gasteiger partial charge >= 0.3 is 5.97 Å². The Labute approximate surface area is 127 Å². The summed E-state index contributed by atoms with van der Waals surface area (Å²) < 4.78 is 26.4. The van der Waals surface area contributed by atoms with Gasteiger partial charge in [0, 0.05) is 16.6 Å². The molecule has 0 bridgehead atoms. The molecule has 1 rings (SSSR count). The molecule has 112 valence electrons. The predicted molar refractivity (Wildman–Crippen MR) is 77.6 cm³/mol. The fourth-order valence-corrected chi connectivity index (χ4v) is 3.36. The SMILES string of the molecule is CC(C)C(CNS(=O)(=O)c1cc(Cl)cc(Cl)c1)C(=O)O. The Morgan fingerprint density at radius 3 is 2.15 bits per heavy atom. The van der Waals surface area contributed by atoms with Gasteiger partial charge in [0.2, 0.25) is 10.0 Å². The topological polar surface area (TPSA) is 83.5 Å². The van der Waals surface area contributed by atoms with E-state index in [4.69, 9.17) is 28.3 Å². The minimum absolute atomic E-state index is 0.0945. The van der Waals surface area contributed by atoms with Crippen molar-refractivity contribution in [3.63, 3.8) is 0 Å². The van der Waals surface area contributed by atoms with Gasteiger partial charge in [-0.25, -0.2) is 13.1 Å². The van der Waals surface area contributed by atoms with Gasteiger partial charge in [-0.1, -0.05) is 37.0 Å². The van der Waals surface area contributed by atoms with Crippen molar-refractivity contribution >= 4 is 39.2 Å². The molecule has 0 aliphatic heterocycles. The van der Waals surface area contributed by atoms with Crippen LogP contribution in [0.5, 0.6) is 0 Å². The number of carboxylic acid groups (broad SMARTS) is 1. The first-order valence-electron chi connectivity index (χ1n) is 5.82. The molecule has 1 atom stereocenters. The second-order valence-electron chi connectivity index (χ2n) is 4.65. The molecule has 2 N–H and O–H groups in total. The molecular weight excluding hydrogens is 325 g/mol. The number of rotatable bonds is 6. The Bertz CT molecular complexity index is 581. The van der Waals surface area contributed by atoms with Crippen LogP contribution < -0.4 is 4.72 Å². The molecule has 5 nitrogen and oxygen atoms in total. The molecule has 0 heterocycles. The second-order valence-corrected chi connectivity index (χ2v) is 7.29. The van der Waals surface area contributed by atoms with Gasteiger partial charge in [-0.15, -0.1) is 0 Å². The summed E-state index contributed by atoms with van der Waals surface area (Å²) in [4.78, 5) is 10.9. The molecule has 0 aliphatic rings. The normalized spacial score (nSPS) is 13.4. The van der Waals surface area contributed by atoms with Crippen molar-refractivity contribution < 1.29 is 18.3 Å². The molecule has 0 spiro atoms. The van der Waals surface area contributed by atoms with Gasteiger partial charge in [0.25, 0.3) is 0 Å². The number of hydrogen-bond donors (Lipinski definition) is 2. The highest BCUT2D eigenvalue weighted by atomic mass is 35.5. The van der Waals surface area contributed by atoms with Crippen molar-refractivity contribution in [3.05, 3.63) is 28.2 Å². The minimum Gasteiger partial charge on any atom is -0.481 e. The highest BCUT2D eigenvalue weighted by molar-refractivity contribution is 7.89. The van der Waals surface area contributed by atoms with Crippen molar-refractivity contribution in [1.29, 1.82) is 0 Å². The lowest BCUT2D eigenvalue weighted by Gasteiger charge is -2.17. The zero-order valence-electron chi connectivity index (χ0n) is 10.9. The summed E-state index contributed by atoms with van der Waals surface area (Å²) in [7, 11) is -3.85. The van der Waals surface area contributed by atoms with E-state index in [0.29, 0.717) is 0 Å². The van der Waals surface area contributed by atoms with Crippen LogP contribution in [0.2, 0.25) is 10.0 Å². The molecule has 0 saturated heterocycles. The lowest BCUT2D eigenvalue weighted by atomic mass is 9.97. The van der Waals surface area contributed by atoms with Gasteiger partial charge in [0.05, 0.1) is 10.8 Å². The molecule has 1 aromatic rings. The van der Waals surface area contributed by atoms with E-state index in [1.807, 2.05) is 0 Å². The Hall–Kier alpha value is -0.820. The van der Waals surface area contributed by atoms with Crippen molar-refractivity contribution in [2.45, 2.75) is 18.7 Å². The van der Waals surface area contributed by atoms with E-state index in [-0.39, 0.29) is 27.4 Å². The highest BCUT2D eigenvalue weighted by Gasteiger charge is 2.24. The summed E-state index contributed by atoms with van der Waals surface area (Å²) >= 11 is 11.5. The molecule has 0 aromatic heterocycles. The third-order valence-corrected chi connectivity index (χ3v) is 4.60. The first-order chi connectivity index (χ1) is 9.13. The fourth-order valence-electron chi connectivity index (χ4n) is 1.57. The molecule has 20 heavy (non-hydrogen) atoms. The van der Waals surface area contributed by atoms with Gasteiger partial charge in [-0.3, -0.25) is 4.79 Å². The number of hydrogen-bond acceptors (Lipinski definition) is 3. The van der Waals surface area contributed by atoms with Crippen LogP contribution in [0.3, 0.4) is 0 Å². The predicted octanol–water partition coefficient (Wildman–Crippen LogP) is 2.63. The van der Waals surface area contributed by atoms with E-state index in [0.717, 1.165) is 0 Å². The summed E-state index contributed by atoms with van der Waals surface area (Å²) in [5.41, 5.74) is 0. The Balaban J connectivity index is 2.92. The lowest BCUT2D eigenvalue weighted by molar-refractivity contribution is -0.142. The van der Waals surface area contributed by atoms with Crippen LogP contribution in [0.1, 0.15) is 13.8 Å². The molecule has 0 aliphatic carbocycles. The lowest BCUT2D eigenvalue weighted by Crippen LogP contribution is -2.35. The van der Waals surface area contributed by atoms with Crippen molar-refractivity contribution in [1.82, 2.24) is 4.72 Å². The van der Waals surface area contributed by atoms with E-state index < -0.39 is 21.9 Å². The van der Waals surface area contributed by atoms with Gasteiger partial charge in [0.15, 0.2) is 0 Å². The van der Waals surface area contributed by atoms with E-state index in [9.17, 15) is 13.2 Å². The van der Waals surface area contributed by atoms with Gasteiger partial charge < -0.3 is 5.11 Å². The second kappa shape index (κ2) is 6.76. The smallest absolute Gasteiger partial charge is 0.308 e. The van der Waals surface area contributed by atoms with Crippen molar-refractivity contribution in [2.24, 2.45) is 11.8 Å². The quantitative estimate of drug-likeness (QED) is 0.834. The van der Waals surface area contributed by atoms with Crippen LogP contribution in [0.15, 0.2) is 23.1 Å². The van der Waals surface area contributed by atoms with Crippen LogP contribution in [-0.4, -0.2) is 26.0 Å². The summed E-state index contributed by atoms with van der Waals surface area (Å²) in [5, 5.41) is 9.40. The van der Waals surface area contributed by atoms with Crippen LogP contribution >= 0.6 is 23.2 Å². The van der Waals surface area contributed by atoms with Crippen LogP contribution in [0, 0.1) is 11.8 Å². The Morgan fingerprint density at radius 2 is 1.75 bits per heavy atom. The fraction of sp³-hybridized carbons (Fsp3) is 0.417. The molecule has 0 saturated carbocycles. The maximum absolute atomic E-state index is 12.1. The largest absolute Gasteiger partial charge is 0.481 e. The number of aliphatic carboxylic acids is 1. The minimum atomic E-state index is -3.85. The van der Waals surface area contributed by atoms with Crippen LogP contribution in [-0.2, 0) is 14.8 Å². The van der Waals surface area contributed by atoms with Gasteiger partial charge in [0.1, 0.15) is 0 Å². The first kappa shape index (κ1) is 17.2. The van der Waals surface area contributed by atoms with Crippen LogP contribution in [0.4, 0.5) is 0 Å². The van der Waals surface area contributed by atoms with E-state index in [2.05, 4.69) is 4.72 Å². The van der Waals surface area contributed by atoms with Gasteiger partial charge in [-0.05, 0) is 24.1 Å². The summed E-state index contributed by atoms with van der Waals surface area (Å²) in [5.74, 6) is -2.05. The summed E-state index contributed by atoms with van der Waals surface area (Å²) in [6, 6.07) is 3.91. The number of nitrogens with one attached hydrogen (secondary N) is 1. The number of benzene rings is 1. The maximum Gasteiger partial charge on any atom is 0.308 e. The molecule has 0 fully saturated rings. The zero-order chi connectivity index (χ0) is 15.5. The Kier molecular flexibility index (Phi) is 5.82. The third-order valence-electron chi connectivity index (χ3n) is 2.76. The maximum atomic E-state index is 12.1. The highest BCUT2D eigenvalue weighted by Crippen LogP contribution is 2.22. The average molecular weight is 340 g/mol. The molecule has 1 aromatic carbocycles. The van der Waals surface area contributed by atoms with Crippen molar-refractivity contribution in [2.75, 3.05) is 6.54 Å². The van der Waals surface area contributed by atoms with E-state index in [1.165, 1.54) is 18.2 Å². The van der Waals surface area contributed by atoms with Gasteiger partial charge in [-0.2, -0.15) is 0 Å². The number of halogens is 2. The van der Waals surface area contributed by atoms with Crippen molar-refractivity contribution in [3.8, 4) is 0 Å². The molecular formula is C12H15Cl2NO4S. The number of carbonyl (C=O) groups is 1. The molecule has 0 radical (unpaired) electrons. The monoisotopic (exact) mass is 339 g/mol. The average Bonchev–Trinajstić information content (AvgIpc) is 2.26. The van der Waals surface area contributed by atoms with E-state index in [1.54, 1.807) is 13.8 Å². The molecule has 0 amide bonds. The summed E-state index contributed by atoms with van der Waals surface area (Å²) in [6.45, 7) is 3.23. The number of carboxylic acids is 1. The standard InChI is InChI=1S/C12H15Cl2NO4S/c1-7(2)11(12(16)17)6-15-20(18,19)10-4-8(13)3-9(14)5-10/h3-5,7,11,15H,6H2,1-2H3,(H,16,17). The number of sulfonamides is 1. The molecule has 1 unspecified atom stereocenters. The Morgan fingerprint density at radius 1 is 1.25 bits per heavy atom. The third kappa shape index (κ3) is 4.63. The molecule has 8 heteroatoms. The van der Waals surface area contributed by atoms with Crippen LogP contribution in [0.25, 0.3) is 0 Å². The first-order valence-corrected chi connectivity index (χ1v) is 8.06. The van der Waals surface area contributed by atoms with E-state index >= 15 is 0 Å². The summed E-state index contributed by atoms with van der Waals surface area (Å²) in [6.07, 6.45) is 0.